The number of carbonyl (C=O) groups excluding carboxylic acids is 1. The molecule has 2 heterocycles. The summed E-state index contributed by atoms with van der Waals surface area (Å²) >= 11 is 6.25. The number of halogens is 1. The summed E-state index contributed by atoms with van der Waals surface area (Å²) in [7, 11) is 0. The van der Waals surface area contributed by atoms with Crippen molar-refractivity contribution in [3.8, 4) is 0 Å². The molecule has 0 saturated heterocycles. The molecule has 1 N–H and O–H groups in total. The number of hydrogen-bond donors (Lipinski definition) is 1. The van der Waals surface area contributed by atoms with Crippen LogP contribution in [0.3, 0.4) is 0 Å². The molecule has 0 radical (unpaired) electrons. The third kappa shape index (κ3) is 3.96. The van der Waals surface area contributed by atoms with Gasteiger partial charge in [-0.25, -0.2) is 4.98 Å². The van der Waals surface area contributed by atoms with Gasteiger partial charge in [0.05, 0.1) is 5.39 Å². The molecule has 0 spiro atoms. The largest absolute Gasteiger partial charge is 0.325 e. The second kappa shape index (κ2) is 7.72. The molecule has 0 aliphatic carbocycles. The standard InChI is InChI=1S/C17H16BrN3O2S2/c1-3-12-8-13-15(25-12)20-17(24-2)21(16(13)23)9-14(22)19-11-6-4-10(18)5-7-11/h4-8H,3,9H2,1-2H3,(H,19,22). The lowest BCUT2D eigenvalue weighted by molar-refractivity contribution is -0.116. The van der Waals surface area contributed by atoms with Gasteiger partial charge >= 0.3 is 0 Å². The molecule has 0 aliphatic rings. The number of benzene rings is 1. The number of carbonyl (C=O) groups is 1. The summed E-state index contributed by atoms with van der Waals surface area (Å²) in [4.78, 5) is 31.6. The summed E-state index contributed by atoms with van der Waals surface area (Å²) < 4.78 is 2.37. The Morgan fingerprint density at radius 2 is 2.08 bits per heavy atom. The van der Waals surface area contributed by atoms with Gasteiger partial charge in [0.25, 0.3) is 5.56 Å². The van der Waals surface area contributed by atoms with Gasteiger partial charge in [0.1, 0.15) is 11.4 Å². The molecule has 130 valence electrons. The molecule has 8 heteroatoms. The van der Waals surface area contributed by atoms with Crippen molar-refractivity contribution in [3.63, 3.8) is 0 Å². The summed E-state index contributed by atoms with van der Waals surface area (Å²) in [6, 6.07) is 9.17. The highest BCUT2D eigenvalue weighted by Crippen LogP contribution is 2.24. The van der Waals surface area contributed by atoms with E-state index in [1.54, 1.807) is 12.1 Å². The Labute approximate surface area is 161 Å². The number of fused-ring (bicyclic) bond motifs is 1. The Balaban J connectivity index is 1.91. The van der Waals surface area contributed by atoms with Crippen LogP contribution in [-0.2, 0) is 17.8 Å². The Kier molecular flexibility index (Phi) is 5.61. The van der Waals surface area contributed by atoms with Crippen molar-refractivity contribution in [1.82, 2.24) is 9.55 Å². The maximum absolute atomic E-state index is 12.8. The number of amides is 1. The summed E-state index contributed by atoms with van der Waals surface area (Å²) in [5.41, 5.74) is 0.515. The van der Waals surface area contributed by atoms with Gasteiger partial charge < -0.3 is 5.32 Å². The number of nitrogens with zero attached hydrogens (tertiary/aromatic N) is 2. The third-order valence-electron chi connectivity index (χ3n) is 3.63. The van der Waals surface area contributed by atoms with Crippen molar-refractivity contribution in [1.29, 1.82) is 0 Å². The molecule has 2 aromatic heterocycles. The second-order valence-corrected chi connectivity index (χ2v) is 8.13. The first-order valence-corrected chi connectivity index (χ1v) is 10.5. The Bertz CT molecular complexity index is 980. The van der Waals surface area contributed by atoms with Gasteiger partial charge in [-0.3, -0.25) is 14.2 Å². The predicted octanol–water partition coefficient (Wildman–Crippen LogP) is 4.14. The van der Waals surface area contributed by atoms with Crippen LogP contribution in [0.5, 0.6) is 0 Å². The van der Waals surface area contributed by atoms with E-state index in [-0.39, 0.29) is 18.0 Å². The second-order valence-electron chi connectivity index (χ2n) is 5.33. The van der Waals surface area contributed by atoms with E-state index >= 15 is 0 Å². The summed E-state index contributed by atoms with van der Waals surface area (Å²) in [5, 5.41) is 3.94. The molecule has 0 fully saturated rings. The number of thioether (sulfide) groups is 1. The lowest BCUT2D eigenvalue weighted by Gasteiger charge is -2.11. The van der Waals surface area contributed by atoms with Crippen molar-refractivity contribution in [3.05, 3.63) is 50.0 Å². The van der Waals surface area contributed by atoms with Crippen LogP contribution in [-0.4, -0.2) is 21.7 Å². The summed E-state index contributed by atoms with van der Waals surface area (Å²) in [5.74, 6) is -0.258. The number of aromatic nitrogens is 2. The van der Waals surface area contributed by atoms with Crippen LogP contribution in [0, 0.1) is 0 Å². The van der Waals surface area contributed by atoms with Gasteiger partial charge in [0.2, 0.25) is 5.91 Å². The van der Waals surface area contributed by atoms with E-state index in [4.69, 9.17) is 0 Å². The maximum atomic E-state index is 12.8. The van der Waals surface area contributed by atoms with Gasteiger partial charge in [0, 0.05) is 15.0 Å². The smallest absolute Gasteiger partial charge is 0.263 e. The normalized spacial score (nSPS) is 11.0. The van der Waals surface area contributed by atoms with Crippen LogP contribution in [0.4, 0.5) is 5.69 Å². The van der Waals surface area contributed by atoms with Crippen LogP contribution >= 0.6 is 39.0 Å². The molecule has 25 heavy (non-hydrogen) atoms. The molecule has 0 atom stereocenters. The van der Waals surface area contributed by atoms with Crippen molar-refractivity contribution in [2.24, 2.45) is 0 Å². The molecular formula is C17H16BrN3O2S2. The molecule has 3 aromatic rings. The Morgan fingerprint density at radius 3 is 2.72 bits per heavy atom. The first kappa shape index (κ1) is 18.2. The number of anilines is 1. The first-order valence-electron chi connectivity index (χ1n) is 7.64. The maximum Gasteiger partial charge on any atom is 0.263 e. The number of hydrogen-bond acceptors (Lipinski definition) is 5. The van der Waals surface area contributed by atoms with Crippen molar-refractivity contribution in [2.45, 2.75) is 25.0 Å². The third-order valence-corrected chi connectivity index (χ3v) is 6.01. The molecule has 0 bridgehead atoms. The minimum absolute atomic E-state index is 0.0642. The van der Waals surface area contributed by atoms with Crippen LogP contribution in [0.1, 0.15) is 11.8 Å². The Hall–Kier alpha value is -1.64. The zero-order chi connectivity index (χ0) is 18.0. The highest BCUT2D eigenvalue weighted by molar-refractivity contribution is 9.10. The Morgan fingerprint density at radius 1 is 1.36 bits per heavy atom. The topological polar surface area (TPSA) is 64.0 Å². The van der Waals surface area contributed by atoms with Gasteiger partial charge in [0.15, 0.2) is 5.16 Å². The molecule has 0 saturated carbocycles. The average Bonchev–Trinajstić information content (AvgIpc) is 3.03. The molecular weight excluding hydrogens is 422 g/mol. The highest BCUT2D eigenvalue weighted by atomic mass is 79.9. The minimum atomic E-state index is -0.258. The SMILES string of the molecule is CCc1cc2c(=O)n(CC(=O)Nc3ccc(Br)cc3)c(SC)nc2s1. The van der Waals surface area contributed by atoms with E-state index in [1.807, 2.05) is 31.4 Å². The zero-order valence-electron chi connectivity index (χ0n) is 13.7. The number of rotatable bonds is 5. The van der Waals surface area contributed by atoms with Gasteiger partial charge in [-0.2, -0.15) is 0 Å². The van der Waals surface area contributed by atoms with Gasteiger partial charge in [-0.15, -0.1) is 11.3 Å². The van der Waals surface area contributed by atoms with E-state index in [1.165, 1.54) is 27.7 Å². The number of thiophene rings is 1. The summed E-state index contributed by atoms with van der Waals surface area (Å²) in [6.07, 6.45) is 2.71. The molecule has 0 aliphatic heterocycles. The van der Waals surface area contributed by atoms with Gasteiger partial charge in [-0.1, -0.05) is 34.6 Å². The molecule has 1 amide bonds. The van der Waals surface area contributed by atoms with Crippen molar-refractivity contribution in [2.75, 3.05) is 11.6 Å². The monoisotopic (exact) mass is 437 g/mol. The van der Waals surface area contributed by atoms with Crippen molar-refractivity contribution >= 4 is 60.8 Å². The minimum Gasteiger partial charge on any atom is -0.325 e. The lowest BCUT2D eigenvalue weighted by Crippen LogP contribution is -2.29. The highest BCUT2D eigenvalue weighted by Gasteiger charge is 2.15. The van der Waals surface area contributed by atoms with E-state index in [2.05, 4.69) is 26.2 Å². The summed E-state index contributed by atoms with van der Waals surface area (Å²) in [6.45, 7) is 1.98. The number of nitrogens with one attached hydrogen (secondary N) is 1. The van der Waals surface area contributed by atoms with Crippen LogP contribution in [0.25, 0.3) is 10.2 Å². The fraction of sp³-hybridized carbons (Fsp3) is 0.235. The van der Waals surface area contributed by atoms with E-state index in [0.29, 0.717) is 16.2 Å². The quantitative estimate of drug-likeness (QED) is 0.480. The van der Waals surface area contributed by atoms with Crippen LogP contribution < -0.4 is 10.9 Å². The average molecular weight is 438 g/mol. The lowest BCUT2D eigenvalue weighted by atomic mass is 10.3. The predicted molar refractivity (Wildman–Crippen MR) is 108 cm³/mol. The first-order chi connectivity index (χ1) is 12.0. The van der Waals surface area contributed by atoms with Crippen LogP contribution in [0.15, 0.2) is 44.8 Å². The van der Waals surface area contributed by atoms with Crippen LogP contribution in [0.2, 0.25) is 0 Å². The molecule has 1 aromatic carbocycles. The van der Waals surface area contributed by atoms with E-state index in [9.17, 15) is 9.59 Å². The molecule has 0 unspecified atom stereocenters. The fourth-order valence-electron chi connectivity index (χ4n) is 2.39. The van der Waals surface area contributed by atoms with E-state index < -0.39 is 0 Å². The zero-order valence-corrected chi connectivity index (χ0v) is 16.9. The molecule has 5 nitrogen and oxygen atoms in total. The number of aryl methyl sites for hydroxylation is 1. The van der Waals surface area contributed by atoms with E-state index in [0.717, 1.165) is 20.6 Å². The fourth-order valence-corrected chi connectivity index (χ4v) is 4.22. The molecule has 3 rings (SSSR count). The van der Waals surface area contributed by atoms with Crippen molar-refractivity contribution < 1.29 is 4.79 Å². The van der Waals surface area contributed by atoms with Gasteiger partial charge in [-0.05, 0) is 43.0 Å².